The molecule has 3 N–H and O–H groups in total. The van der Waals surface area contributed by atoms with Gasteiger partial charge in [0, 0.05) is 35.7 Å². The van der Waals surface area contributed by atoms with E-state index in [1.807, 2.05) is 12.1 Å². The number of carbonyl (C=O) groups is 2. The van der Waals surface area contributed by atoms with Crippen LogP contribution in [0.2, 0.25) is 10.0 Å². The maximum atomic E-state index is 12.7. The summed E-state index contributed by atoms with van der Waals surface area (Å²) in [5, 5.41) is 3.64. The molecule has 1 heterocycles. The first-order chi connectivity index (χ1) is 12.4. The van der Waals surface area contributed by atoms with E-state index in [4.69, 9.17) is 28.9 Å². The summed E-state index contributed by atoms with van der Waals surface area (Å²) in [6, 6.07) is 9.93. The van der Waals surface area contributed by atoms with Gasteiger partial charge in [-0.05, 0) is 47.4 Å². The highest BCUT2D eigenvalue weighted by Crippen LogP contribution is 2.26. The summed E-state index contributed by atoms with van der Waals surface area (Å²) < 4.78 is 0. The minimum Gasteiger partial charge on any atom is -0.355 e. The van der Waals surface area contributed by atoms with Crippen molar-refractivity contribution in [2.75, 3.05) is 7.05 Å². The quantitative estimate of drug-likeness (QED) is 0.840. The van der Waals surface area contributed by atoms with E-state index in [1.165, 1.54) is 0 Å². The van der Waals surface area contributed by atoms with Gasteiger partial charge in [-0.3, -0.25) is 9.59 Å². The molecule has 2 aromatic carbocycles. The Morgan fingerprint density at radius 3 is 2.58 bits per heavy atom. The highest BCUT2D eigenvalue weighted by Gasteiger charge is 2.28. The average Bonchev–Trinajstić information content (AvgIpc) is 3.05. The molecule has 0 spiro atoms. The third-order valence-electron chi connectivity index (χ3n) is 4.50. The third kappa shape index (κ3) is 3.85. The van der Waals surface area contributed by atoms with Crippen LogP contribution in [0.15, 0.2) is 36.4 Å². The Bertz CT molecular complexity index is 870. The highest BCUT2D eigenvalue weighted by atomic mass is 35.5. The van der Waals surface area contributed by atoms with Crippen molar-refractivity contribution in [2.24, 2.45) is 5.73 Å². The Balaban J connectivity index is 1.69. The topological polar surface area (TPSA) is 75.4 Å². The molecule has 0 bridgehead atoms. The van der Waals surface area contributed by atoms with E-state index in [1.54, 1.807) is 36.2 Å². The number of halogens is 2. The smallest absolute Gasteiger partial charge is 0.251 e. The molecule has 1 aliphatic heterocycles. The van der Waals surface area contributed by atoms with Crippen LogP contribution < -0.4 is 11.1 Å². The van der Waals surface area contributed by atoms with Gasteiger partial charge in [0.2, 0.25) is 5.91 Å². The number of nitrogens with one attached hydrogen (secondary N) is 1. The number of amides is 2. The van der Waals surface area contributed by atoms with Crippen molar-refractivity contribution < 1.29 is 9.59 Å². The van der Waals surface area contributed by atoms with Gasteiger partial charge in [0.1, 0.15) is 0 Å². The van der Waals surface area contributed by atoms with Gasteiger partial charge >= 0.3 is 0 Å². The maximum absolute atomic E-state index is 12.7. The molecular weight excluding hydrogens is 373 g/mol. The number of carbonyl (C=O) groups excluding carboxylic acids is 2. The molecule has 5 nitrogen and oxygen atoms in total. The van der Waals surface area contributed by atoms with Crippen LogP contribution in [0.25, 0.3) is 0 Å². The van der Waals surface area contributed by atoms with E-state index >= 15 is 0 Å². The van der Waals surface area contributed by atoms with E-state index in [0.717, 1.165) is 16.7 Å². The molecule has 7 heteroatoms. The zero-order chi connectivity index (χ0) is 18.8. The number of hydrogen-bond acceptors (Lipinski definition) is 3. The van der Waals surface area contributed by atoms with E-state index in [9.17, 15) is 9.59 Å². The maximum Gasteiger partial charge on any atom is 0.251 e. The first kappa shape index (κ1) is 18.7. The van der Waals surface area contributed by atoms with Crippen molar-refractivity contribution in [3.63, 3.8) is 0 Å². The lowest BCUT2D eigenvalue weighted by Gasteiger charge is -2.20. The predicted octanol–water partition coefficient (Wildman–Crippen LogP) is 2.77. The van der Waals surface area contributed by atoms with Crippen LogP contribution >= 0.6 is 23.2 Å². The van der Waals surface area contributed by atoms with Crippen molar-refractivity contribution in [2.45, 2.75) is 25.6 Å². The van der Waals surface area contributed by atoms with Crippen molar-refractivity contribution >= 4 is 35.0 Å². The van der Waals surface area contributed by atoms with Crippen LogP contribution in [0.1, 0.15) is 27.0 Å². The number of hydrogen-bond donors (Lipinski definition) is 2. The Kier molecular flexibility index (Phi) is 5.51. The SMILES string of the molecule is CNC(=O)c1ccc2c(c1)CN(C(=O)[C@H](N)Cc1ccc(Cl)cc1Cl)C2. The van der Waals surface area contributed by atoms with Crippen LogP contribution in [-0.2, 0) is 24.3 Å². The van der Waals surface area contributed by atoms with Gasteiger partial charge in [-0.25, -0.2) is 0 Å². The molecule has 1 aliphatic rings. The normalized spacial score (nSPS) is 14.1. The third-order valence-corrected chi connectivity index (χ3v) is 5.09. The molecule has 0 radical (unpaired) electrons. The van der Waals surface area contributed by atoms with Crippen molar-refractivity contribution in [3.8, 4) is 0 Å². The van der Waals surface area contributed by atoms with Crippen LogP contribution in [0, 0.1) is 0 Å². The molecule has 0 fully saturated rings. The van der Waals surface area contributed by atoms with E-state index in [2.05, 4.69) is 5.32 Å². The summed E-state index contributed by atoms with van der Waals surface area (Å²) in [5.74, 6) is -0.291. The monoisotopic (exact) mass is 391 g/mol. The van der Waals surface area contributed by atoms with Crippen LogP contribution in [0.5, 0.6) is 0 Å². The zero-order valence-corrected chi connectivity index (χ0v) is 15.8. The molecule has 0 saturated heterocycles. The van der Waals surface area contributed by atoms with Crippen molar-refractivity contribution in [1.29, 1.82) is 0 Å². The van der Waals surface area contributed by atoms with Crippen LogP contribution in [-0.4, -0.2) is 29.8 Å². The molecule has 0 aromatic heterocycles. The standard InChI is InChI=1S/C19H19Cl2N3O2/c1-23-18(25)12-2-3-13-9-24(10-14(13)6-12)19(26)17(22)7-11-4-5-15(20)8-16(11)21/h2-6,8,17H,7,9-10,22H2,1H3,(H,23,25)/t17-/m1/s1. The fourth-order valence-corrected chi connectivity index (χ4v) is 3.57. The second-order valence-electron chi connectivity index (χ2n) is 6.30. The first-order valence-electron chi connectivity index (χ1n) is 8.21. The highest BCUT2D eigenvalue weighted by molar-refractivity contribution is 6.35. The second-order valence-corrected chi connectivity index (χ2v) is 7.15. The summed E-state index contributed by atoms with van der Waals surface area (Å²) in [5.41, 5.74) is 9.49. The fraction of sp³-hybridized carbons (Fsp3) is 0.263. The van der Waals surface area contributed by atoms with Gasteiger partial charge < -0.3 is 16.0 Å². The van der Waals surface area contributed by atoms with Gasteiger partial charge in [0.15, 0.2) is 0 Å². The summed E-state index contributed by atoms with van der Waals surface area (Å²) in [6.07, 6.45) is 0.338. The second kappa shape index (κ2) is 7.66. The van der Waals surface area contributed by atoms with Crippen molar-refractivity contribution in [1.82, 2.24) is 10.2 Å². The average molecular weight is 392 g/mol. The van der Waals surface area contributed by atoms with E-state index in [0.29, 0.717) is 35.1 Å². The Hall–Kier alpha value is -2.08. The van der Waals surface area contributed by atoms with E-state index < -0.39 is 6.04 Å². The van der Waals surface area contributed by atoms with Gasteiger partial charge in [0.05, 0.1) is 6.04 Å². The zero-order valence-electron chi connectivity index (χ0n) is 14.3. The molecule has 0 unspecified atom stereocenters. The summed E-state index contributed by atoms with van der Waals surface area (Å²) in [4.78, 5) is 26.2. The number of nitrogens with zero attached hydrogens (tertiary/aromatic N) is 1. The molecule has 136 valence electrons. The fourth-order valence-electron chi connectivity index (χ4n) is 3.08. The number of rotatable bonds is 4. The van der Waals surface area contributed by atoms with Gasteiger partial charge in [0.25, 0.3) is 5.91 Å². The number of fused-ring (bicyclic) bond motifs is 1. The summed E-state index contributed by atoms with van der Waals surface area (Å²) in [6.45, 7) is 0.936. The Morgan fingerprint density at radius 2 is 1.88 bits per heavy atom. The van der Waals surface area contributed by atoms with Crippen molar-refractivity contribution in [3.05, 3.63) is 68.7 Å². The molecule has 2 amide bonds. The Morgan fingerprint density at radius 1 is 1.15 bits per heavy atom. The lowest BCUT2D eigenvalue weighted by Crippen LogP contribution is -2.42. The minimum atomic E-state index is -0.693. The van der Waals surface area contributed by atoms with E-state index in [-0.39, 0.29) is 11.8 Å². The molecule has 26 heavy (non-hydrogen) atoms. The van der Waals surface area contributed by atoms with Gasteiger partial charge in [-0.2, -0.15) is 0 Å². The van der Waals surface area contributed by atoms with Gasteiger partial charge in [-0.15, -0.1) is 0 Å². The lowest BCUT2D eigenvalue weighted by atomic mass is 10.1. The number of benzene rings is 2. The molecule has 2 aromatic rings. The summed E-state index contributed by atoms with van der Waals surface area (Å²) in [7, 11) is 1.59. The summed E-state index contributed by atoms with van der Waals surface area (Å²) >= 11 is 12.1. The van der Waals surface area contributed by atoms with Crippen LogP contribution in [0.3, 0.4) is 0 Å². The van der Waals surface area contributed by atoms with Gasteiger partial charge in [-0.1, -0.05) is 35.3 Å². The largest absolute Gasteiger partial charge is 0.355 e. The number of nitrogens with two attached hydrogens (primary N) is 1. The molecule has 3 rings (SSSR count). The van der Waals surface area contributed by atoms with Crippen LogP contribution in [0.4, 0.5) is 0 Å². The molecule has 0 aliphatic carbocycles. The molecule has 1 atom stereocenters. The Labute approximate surface area is 162 Å². The lowest BCUT2D eigenvalue weighted by molar-refractivity contribution is -0.133. The first-order valence-corrected chi connectivity index (χ1v) is 8.97. The predicted molar refractivity (Wildman–Crippen MR) is 102 cm³/mol. The molecular formula is C19H19Cl2N3O2. The molecule has 0 saturated carbocycles. The minimum absolute atomic E-state index is 0.145.